The molecule has 0 amide bonds. The molecule has 0 bridgehead atoms. The number of carbonyl (C=O) groups excluding carboxylic acids is 1. The minimum Gasteiger partial charge on any atom is -0.489 e. The van der Waals surface area contributed by atoms with Gasteiger partial charge in [-0.3, -0.25) is 0 Å². The van der Waals surface area contributed by atoms with Gasteiger partial charge in [-0.05, 0) is 45.0 Å². The second-order valence-corrected chi connectivity index (χ2v) is 4.28. The van der Waals surface area contributed by atoms with E-state index in [9.17, 15) is 4.79 Å². The second kappa shape index (κ2) is 8.02. The summed E-state index contributed by atoms with van der Waals surface area (Å²) in [5.41, 5.74) is 0.512. The van der Waals surface area contributed by atoms with Crippen molar-refractivity contribution in [3.63, 3.8) is 0 Å². The summed E-state index contributed by atoms with van der Waals surface area (Å²) in [6, 6.07) is 7.27. The van der Waals surface area contributed by atoms with Gasteiger partial charge in [-0.25, -0.2) is 4.79 Å². The van der Waals surface area contributed by atoms with E-state index in [-0.39, 0.29) is 24.5 Å². The van der Waals surface area contributed by atoms with Crippen LogP contribution in [0, 0.1) is 0 Å². The highest BCUT2D eigenvalue weighted by atomic mass is 35.5. The summed E-state index contributed by atoms with van der Waals surface area (Å²) in [6.45, 7) is 4.10. The first-order valence-electron chi connectivity index (χ1n) is 6.44. The molecule has 1 aromatic rings. The highest BCUT2D eigenvalue weighted by molar-refractivity contribution is 5.92. The molecule has 1 fully saturated rings. The fraction of sp³-hybridized carbons (Fsp3) is 0.500. The van der Waals surface area contributed by atoms with Gasteiger partial charge in [0.05, 0.1) is 6.61 Å². The number of esters is 1. The van der Waals surface area contributed by atoms with Crippen LogP contribution in [0.1, 0.15) is 30.1 Å². The van der Waals surface area contributed by atoms with Crippen LogP contribution in [0.3, 0.4) is 0 Å². The van der Waals surface area contributed by atoms with Crippen molar-refractivity contribution in [3.8, 4) is 5.75 Å². The van der Waals surface area contributed by atoms with E-state index in [1.165, 1.54) is 0 Å². The SMILES string of the molecule is CCOC(=O)c1ccccc1OC1CCNCC1.Cl. The van der Waals surface area contributed by atoms with Crippen molar-refractivity contribution in [3.05, 3.63) is 29.8 Å². The van der Waals surface area contributed by atoms with Gasteiger partial charge in [-0.2, -0.15) is 0 Å². The Kier molecular flexibility index (Phi) is 6.67. The van der Waals surface area contributed by atoms with Crippen LogP contribution in [0.2, 0.25) is 0 Å². The predicted molar refractivity (Wildman–Crippen MR) is 76.2 cm³/mol. The number of para-hydroxylation sites is 1. The molecule has 1 aliphatic rings. The average molecular weight is 286 g/mol. The topological polar surface area (TPSA) is 47.6 Å². The molecule has 0 spiro atoms. The molecule has 19 heavy (non-hydrogen) atoms. The Morgan fingerprint density at radius 3 is 2.68 bits per heavy atom. The second-order valence-electron chi connectivity index (χ2n) is 4.28. The van der Waals surface area contributed by atoms with E-state index in [0.717, 1.165) is 25.9 Å². The number of halogens is 1. The lowest BCUT2D eigenvalue weighted by molar-refractivity contribution is 0.0517. The molecule has 2 rings (SSSR count). The van der Waals surface area contributed by atoms with Crippen LogP contribution in [0.15, 0.2) is 24.3 Å². The Morgan fingerprint density at radius 2 is 2.00 bits per heavy atom. The van der Waals surface area contributed by atoms with Crippen molar-refractivity contribution < 1.29 is 14.3 Å². The van der Waals surface area contributed by atoms with Gasteiger partial charge >= 0.3 is 5.97 Å². The number of rotatable bonds is 4. The number of hydrogen-bond acceptors (Lipinski definition) is 4. The third-order valence-electron chi connectivity index (χ3n) is 2.96. The van der Waals surface area contributed by atoms with E-state index in [0.29, 0.717) is 17.9 Å². The van der Waals surface area contributed by atoms with Gasteiger partial charge in [0.2, 0.25) is 0 Å². The molecule has 1 aromatic carbocycles. The zero-order chi connectivity index (χ0) is 12.8. The molecule has 0 aromatic heterocycles. The summed E-state index contributed by atoms with van der Waals surface area (Å²) in [5, 5.41) is 3.29. The summed E-state index contributed by atoms with van der Waals surface area (Å²) in [5.74, 6) is 0.310. The molecule has 1 aliphatic heterocycles. The molecule has 1 N–H and O–H groups in total. The highest BCUT2D eigenvalue weighted by Crippen LogP contribution is 2.22. The maximum absolute atomic E-state index is 11.8. The molecule has 0 unspecified atom stereocenters. The number of piperidine rings is 1. The molecule has 4 nitrogen and oxygen atoms in total. The minimum atomic E-state index is -0.318. The Hall–Kier alpha value is -1.26. The zero-order valence-corrected chi connectivity index (χ0v) is 11.9. The summed E-state index contributed by atoms with van der Waals surface area (Å²) in [6.07, 6.45) is 2.12. The van der Waals surface area contributed by atoms with Gasteiger partial charge in [-0.1, -0.05) is 12.1 Å². The van der Waals surface area contributed by atoms with E-state index in [2.05, 4.69) is 5.32 Å². The number of benzene rings is 1. The lowest BCUT2D eigenvalue weighted by atomic mass is 10.1. The number of hydrogen-bond donors (Lipinski definition) is 1. The fourth-order valence-electron chi connectivity index (χ4n) is 2.04. The first-order valence-corrected chi connectivity index (χ1v) is 6.44. The van der Waals surface area contributed by atoms with E-state index in [4.69, 9.17) is 9.47 Å². The summed E-state index contributed by atoms with van der Waals surface area (Å²) in [7, 11) is 0. The van der Waals surface area contributed by atoms with E-state index in [1.807, 2.05) is 18.2 Å². The molecule has 0 radical (unpaired) electrons. The first-order chi connectivity index (χ1) is 8.81. The Balaban J connectivity index is 0.00000180. The van der Waals surface area contributed by atoms with Crippen molar-refractivity contribution in [1.29, 1.82) is 0 Å². The third kappa shape index (κ3) is 4.40. The molecule has 1 heterocycles. The Morgan fingerprint density at radius 1 is 1.32 bits per heavy atom. The van der Waals surface area contributed by atoms with Gasteiger partial charge in [0.15, 0.2) is 0 Å². The average Bonchev–Trinajstić information content (AvgIpc) is 2.41. The summed E-state index contributed by atoms with van der Waals surface area (Å²) >= 11 is 0. The molecular weight excluding hydrogens is 266 g/mol. The first kappa shape index (κ1) is 15.8. The number of ether oxygens (including phenoxy) is 2. The van der Waals surface area contributed by atoms with Crippen LogP contribution in [0.5, 0.6) is 5.75 Å². The molecule has 5 heteroatoms. The van der Waals surface area contributed by atoms with Gasteiger partial charge in [0.1, 0.15) is 17.4 Å². The van der Waals surface area contributed by atoms with E-state index >= 15 is 0 Å². The predicted octanol–water partition coefficient (Wildman–Crippen LogP) is 2.42. The van der Waals surface area contributed by atoms with Gasteiger partial charge < -0.3 is 14.8 Å². The molecule has 1 saturated heterocycles. The van der Waals surface area contributed by atoms with Crippen LogP contribution in [-0.4, -0.2) is 31.8 Å². The lowest BCUT2D eigenvalue weighted by Gasteiger charge is -2.24. The fourth-order valence-corrected chi connectivity index (χ4v) is 2.04. The van der Waals surface area contributed by atoms with Crippen molar-refractivity contribution in [2.24, 2.45) is 0 Å². The number of nitrogens with one attached hydrogen (secondary N) is 1. The molecular formula is C14H20ClNO3. The highest BCUT2D eigenvalue weighted by Gasteiger charge is 2.18. The molecule has 106 valence electrons. The van der Waals surface area contributed by atoms with Crippen LogP contribution in [-0.2, 0) is 4.74 Å². The molecule has 0 atom stereocenters. The van der Waals surface area contributed by atoms with Gasteiger partial charge in [0.25, 0.3) is 0 Å². The van der Waals surface area contributed by atoms with Crippen LogP contribution >= 0.6 is 12.4 Å². The van der Waals surface area contributed by atoms with Crippen LogP contribution in [0.25, 0.3) is 0 Å². The zero-order valence-electron chi connectivity index (χ0n) is 11.1. The largest absolute Gasteiger partial charge is 0.489 e. The Labute approximate surface area is 119 Å². The maximum Gasteiger partial charge on any atom is 0.341 e. The van der Waals surface area contributed by atoms with E-state index < -0.39 is 0 Å². The Bertz CT molecular complexity index is 405. The quantitative estimate of drug-likeness (QED) is 0.863. The standard InChI is InChI=1S/C14H19NO3.ClH/c1-2-17-14(16)12-5-3-4-6-13(12)18-11-7-9-15-10-8-11;/h3-6,11,15H,2,7-10H2,1H3;1H. The van der Waals surface area contributed by atoms with Crippen molar-refractivity contribution in [1.82, 2.24) is 5.32 Å². The van der Waals surface area contributed by atoms with Crippen molar-refractivity contribution in [2.45, 2.75) is 25.9 Å². The number of carbonyl (C=O) groups is 1. The lowest BCUT2D eigenvalue weighted by Crippen LogP contribution is -2.34. The van der Waals surface area contributed by atoms with Crippen LogP contribution in [0.4, 0.5) is 0 Å². The van der Waals surface area contributed by atoms with E-state index in [1.54, 1.807) is 13.0 Å². The molecule has 0 saturated carbocycles. The van der Waals surface area contributed by atoms with Crippen molar-refractivity contribution in [2.75, 3.05) is 19.7 Å². The third-order valence-corrected chi connectivity index (χ3v) is 2.96. The normalized spacial score (nSPS) is 15.4. The smallest absolute Gasteiger partial charge is 0.341 e. The van der Waals surface area contributed by atoms with Gasteiger partial charge in [-0.15, -0.1) is 12.4 Å². The summed E-state index contributed by atoms with van der Waals surface area (Å²) in [4.78, 5) is 11.8. The monoisotopic (exact) mass is 285 g/mol. The maximum atomic E-state index is 11.8. The summed E-state index contributed by atoms with van der Waals surface area (Å²) < 4.78 is 10.9. The minimum absolute atomic E-state index is 0. The van der Waals surface area contributed by atoms with Crippen LogP contribution < -0.4 is 10.1 Å². The van der Waals surface area contributed by atoms with Gasteiger partial charge in [0, 0.05) is 0 Å². The molecule has 0 aliphatic carbocycles. The van der Waals surface area contributed by atoms with Crippen molar-refractivity contribution >= 4 is 18.4 Å².